The first-order valence-corrected chi connectivity index (χ1v) is 6.92. The third-order valence-corrected chi connectivity index (χ3v) is 4.19. The van der Waals surface area contributed by atoms with E-state index in [2.05, 4.69) is 17.0 Å². The summed E-state index contributed by atoms with van der Waals surface area (Å²) in [5.74, 6) is 0. The molecule has 0 spiro atoms. The first-order chi connectivity index (χ1) is 8.75. The second-order valence-corrected chi connectivity index (χ2v) is 5.37. The number of nitrogens with zero attached hydrogens (tertiary/aromatic N) is 1. The standard InChI is InChI=1S/C15H21NO2/c1-11(17)12-5-7-13(8-6-12)16-9-10-18-15-4-2-3-14(15)16/h5-8,11,14-15,17H,2-4,9-10H2,1H3/t11-,14?,15?/m0/s1. The van der Waals surface area contributed by atoms with Gasteiger partial charge in [-0.05, 0) is 43.9 Å². The van der Waals surface area contributed by atoms with Crippen molar-refractivity contribution in [3.63, 3.8) is 0 Å². The number of ether oxygens (including phenoxy) is 1. The molecule has 98 valence electrons. The van der Waals surface area contributed by atoms with E-state index in [-0.39, 0.29) is 6.10 Å². The largest absolute Gasteiger partial charge is 0.389 e. The zero-order valence-corrected chi connectivity index (χ0v) is 10.9. The molecule has 3 heteroatoms. The molecule has 0 amide bonds. The summed E-state index contributed by atoms with van der Waals surface area (Å²) in [5.41, 5.74) is 2.24. The summed E-state index contributed by atoms with van der Waals surface area (Å²) < 4.78 is 5.83. The summed E-state index contributed by atoms with van der Waals surface area (Å²) in [5, 5.41) is 9.54. The molecule has 1 aromatic rings. The topological polar surface area (TPSA) is 32.7 Å². The van der Waals surface area contributed by atoms with E-state index < -0.39 is 0 Å². The molecular weight excluding hydrogens is 226 g/mol. The van der Waals surface area contributed by atoms with E-state index in [4.69, 9.17) is 4.74 Å². The van der Waals surface area contributed by atoms with E-state index in [1.54, 1.807) is 6.92 Å². The van der Waals surface area contributed by atoms with Gasteiger partial charge in [0.05, 0.1) is 24.9 Å². The minimum absolute atomic E-state index is 0.386. The SMILES string of the molecule is C[C@H](O)c1ccc(N2CCOC3CCCC32)cc1. The molecule has 2 aliphatic rings. The second-order valence-electron chi connectivity index (χ2n) is 5.37. The van der Waals surface area contributed by atoms with E-state index in [1.165, 1.54) is 24.9 Å². The molecule has 1 saturated carbocycles. The van der Waals surface area contributed by atoms with Crippen LogP contribution in [0.3, 0.4) is 0 Å². The number of aliphatic hydroxyl groups excluding tert-OH is 1. The fourth-order valence-electron chi connectivity index (χ4n) is 3.19. The first-order valence-electron chi connectivity index (χ1n) is 6.92. The van der Waals surface area contributed by atoms with Crippen LogP contribution in [0, 0.1) is 0 Å². The molecule has 18 heavy (non-hydrogen) atoms. The van der Waals surface area contributed by atoms with Crippen molar-refractivity contribution in [2.24, 2.45) is 0 Å². The van der Waals surface area contributed by atoms with Crippen LogP contribution in [0.25, 0.3) is 0 Å². The maximum absolute atomic E-state index is 9.54. The van der Waals surface area contributed by atoms with E-state index in [0.717, 1.165) is 18.7 Å². The Morgan fingerprint density at radius 1 is 1.28 bits per heavy atom. The minimum Gasteiger partial charge on any atom is -0.389 e. The Kier molecular flexibility index (Phi) is 3.27. The van der Waals surface area contributed by atoms with Crippen LogP contribution in [0.15, 0.2) is 24.3 Å². The van der Waals surface area contributed by atoms with Crippen molar-refractivity contribution in [1.82, 2.24) is 0 Å². The summed E-state index contributed by atoms with van der Waals surface area (Å²) >= 11 is 0. The van der Waals surface area contributed by atoms with E-state index in [0.29, 0.717) is 12.1 Å². The molecule has 3 nitrogen and oxygen atoms in total. The average molecular weight is 247 g/mol. The van der Waals surface area contributed by atoms with Crippen LogP contribution in [-0.4, -0.2) is 30.4 Å². The molecule has 1 aliphatic carbocycles. The lowest BCUT2D eigenvalue weighted by Gasteiger charge is -2.39. The predicted octanol–water partition coefficient (Wildman–Crippen LogP) is 2.50. The Balaban J connectivity index is 1.80. The predicted molar refractivity (Wildman–Crippen MR) is 71.8 cm³/mol. The Labute approximate surface area is 108 Å². The van der Waals surface area contributed by atoms with Crippen LogP contribution in [0.1, 0.15) is 37.9 Å². The van der Waals surface area contributed by atoms with Crippen LogP contribution >= 0.6 is 0 Å². The number of anilines is 1. The van der Waals surface area contributed by atoms with Crippen LogP contribution in [0.2, 0.25) is 0 Å². The number of hydrogen-bond donors (Lipinski definition) is 1. The van der Waals surface area contributed by atoms with Crippen molar-refractivity contribution in [2.45, 2.75) is 44.4 Å². The van der Waals surface area contributed by atoms with E-state index in [9.17, 15) is 5.11 Å². The molecule has 0 aromatic heterocycles. The summed E-state index contributed by atoms with van der Waals surface area (Å²) in [7, 11) is 0. The summed E-state index contributed by atoms with van der Waals surface area (Å²) in [6.07, 6.45) is 3.76. The molecular formula is C15H21NO2. The number of hydrogen-bond acceptors (Lipinski definition) is 3. The van der Waals surface area contributed by atoms with E-state index in [1.807, 2.05) is 12.1 Å². The summed E-state index contributed by atoms with van der Waals surface area (Å²) in [6, 6.07) is 8.86. The van der Waals surface area contributed by atoms with Gasteiger partial charge in [0.25, 0.3) is 0 Å². The van der Waals surface area contributed by atoms with Gasteiger partial charge in [0.1, 0.15) is 0 Å². The van der Waals surface area contributed by atoms with Gasteiger partial charge in [-0.15, -0.1) is 0 Å². The van der Waals surface area contributed by atoms with Gasteiger partial charge < -0.3 is 14.7 Å². The molecule has 2 unspecified atom stereocenters. The van der Waals surface area contributed by atoms with Gasteiger partial charge in [0.15, 0.2) is 0 Å². The molecule has 2 fully saturated rings. The highest BCUT2D eigenvalue weighted by molar-refractivity contribution is 5.49. The molecule has 1 heterocycles. The van der Waals surface area contributed by atoms with Gasteiger partial charge in [-0.1, -0.05) is 12.1 Å². The summed E-state index contributed by atoms with van der Waals surface area (Å²) in [6.45, 7) is 3.62. The van der Waals surface area contributed by atoms with Crippen LogP contribution in [0.5, 0.6) is 0 Å². The third-order valence-electron chi connectivity index (χ3n) is 4.19. The Morgan fingerprint density at radius 2 is 2.06 bits per heavy atom. The van der Waals surface area contributed by atoms with Crippen molar-refractivity contribution < 1.29 is 9.84 Å². The quantitative estimate of drug-likeness (QED) is 0.871. The zero-order valence-electron chi connectivity index (χ0n) is 10.9. The number of morpholine rings is 1. The monoisotopic (exact) mass is 247 g/mol. The van der Waals surface area contributed by atoms with Gasteiger partial charge in [-0.2, -0.15) is 0 Å². The highest BCUT2D eigenvalue weighted by atomic mass is 16.5. The minimum atomic E-state index is -0.386. The zero-order chi connectivity index (χ0) is 12.5. The molecule has 1 aromatic carbocycles. The smallest absolute Gasteiger partial charge is 0.0779 e. The number of benzene rings is 1. The van der Waals surface area contributed by atoms with Crippen molar-refractivity contribution in [1.29, 1.82) is 0 Å². The fourth-order valence-corrected chi connectivity index (χ4v) is 3.19. The molecule has 3 atom stereocenters. The van der Waals surface area contributed by atoms with Gasteiger partial charge in [-0.3, -0.25) is 0 Å². The molecule has 0 bridgehead atoms. The maximum Gasteiger partial charge on any atom is 0.0779 e. The van der Waals surface area contributed by atoms with Gasteiger partial charge >= 0.3 is 0 Å². The van der Waals surface area contributed by atoms with Crippen molar-refractivity contribution >= 4 is 5.69 Å². The van der Waals surface area contributed by atoms with Gasteiger partial charge in [-0.25, -0.2) is 0 Å². The summed E-state index contributed by atoms with van der Waals surface area (Å²) in [4.78, 5) is 2.48. The van der Waals surface area contributed by atoms with Crippen molar-refractivity contribution in [2.75, 3.05) is 18.1 Å². The number of fused-ring (bicyclic) bond motifs is 1. The van der Waals surface area contributed by atoms with Crippen LogP contribution < -0.4 is 4.90 Å². The fraction of sp³-hybridized carbons (Fsp3) is 0.600. The highest BCUT2D eigenvalue weighted by Crippen LogP contribution is 2.33. The Bertz CT molecular complexity index is 401. The highest BCUT2D eigenvalue weighted by Gasteiger charge is 2.36. The lowest BCUT2D eigenvalue weighted by molar-refractivity contribution is 0.0256. The normalized spacial score (nSPS) is 29.1. The maximum atomic E-state index is 9.54. The lowest BCUT2D eigenvalue weighted by Crippen LogP contribution is -2.48. The lowest BCUT2D eigenvalue weighted by atomic mass is 10.1. The van der Waals surface area contributed by atoms with Crippen molar-refractivity contribution in [3.05, 3.63) is 29.8 Å². The number of rotatable bonds is 2. The second kappa shape index (κ2) is 4.90. The van der Waals surface area contributed by atoms with E-state index >= 15 is 0 Å². The van der Waals surface area contributed by atoms with Gasteiger partial charge in [0.2, 0.25) is 0 Å². The molecule has 0 radical (unpaired) electrons. The first kappa shape index (κ1) is 12.0. The molecule has 1 aliphatic heterocycles. The Morgan fingerprint density at radius 3 is 2.78 bits per heavy atom. The third kappa shape index (κ3) is 2.13. The number of aliphatic hydroxyl groups is 1. The van der Waals surface area contributed by atoms with Crippen LogP contribution in [-0.2, 0) is 4.74 Å². The average Bonchev–Trinajstić information content (AvgIpc) is 2.87. The van der Waals surface area contributed by atoms with Gasteiger partial charge in [0, 0.05) is 12.2 Å². The Hall–Kier alpha value is -1.06. The molecule has 3 rings (SSSR count). The van der Waals surface area contributed by atoms with Crippen LogP contribution in [0.4, 0.5) is 5.69 Å². The molecule has 1 N–H and O–H groups in total. The van der Waals surface area contributed by atoms with Crippen molar-refractivity contribution in [3.8, 4) is 0 Å². The molecule has 1 saturated heterocycles.